The maximum absolute atomic E-state index is 5.41. The predicted octanol–water partition coefficient (Wildman–Crippen LogP) is 4.16. The van der Waals surface area contributed by atoms with Crippen molar-refractivity contribution < 1.29 is 4.74 Å². The third kappa shape index (κ3) is 2.14. The third-order valence-electron chi connectivity index (χ3n) is 3.06. The molecule has 0 saturated carbocycles. The molecule has 0 spiro atoms. The number of ether oxygens (including phenoxy) is 1. The Morgan fingerprint density at radius 2 is 2.10 bits per heavy atom. The van der Waals surface area contributed by atoms with Crippen LogP contribution in [-0.2, 0) is 0 Å². The van der Waals surface area contributed by atoms with Crippen LogP contribution in [0.3, 0.4) is 0 Å². The number of aromatic amines is 1. The Bertz CT molecular complexity index is 853. The maximum Gasteiger partial charge on any atom is 0.184 e. The average molecular weight is 350 g/mol. The van der Waals surface area contributed by atoms with Crippen LogP contribution in [0.2, 0.25) is 0 Å². The van der Waals surface area contributed by atoms with Gasteiger partial charge >= 0.3 is 0 Å². The standard InChI is InChI=1S/C14H12BrN3OS/c1-8-3-6-11-13(16-8)18(14(20)17-11)9-4-5-10(15)12(7-9)19-2/h3-7H,1-2H3,(H,17,20). The number of aromatic nitrogens is 3. The SMILES string of the molecule is COc1cc(-n2c(=S)[nH]c3ccc(C)nc32)ccc1Br. The van der Waals surface area contributed by atoms with E-state index < -0.39 is 0 Å². The summed E-state index contributed by atoms with van der Waals surface area (Å²) in [4.78, 5) is 7.73. The summed E-state index contributed by atoms with van der Waals surface area (Å²) in [7, 11) is 1.64. The Labute approximate surface area is 129 Å². The Balaban J connectivity index is 2.31. The minimum absolute atomic E-state index is 0.613. The molecule has 0 aliphatic carbocycles. The Hall–Kier alpha value is -1.66. The number of pyridine rings is 1. The second-order valence-electron chi connectivity index (χ2n) is 4.41. The van der Waals surface area contributed by atoms with Crippen LogP contribution in [0.4, 0.5) is 0 Å². The quantitative estimate of drug-likeness (QED) is 0.706. The molecule has 20 heavy (non-hydrogen) atoms. The van der Waals surface area contributed by atoms with Crippen LogP contribution in [0.1, 0.15) is 5.69 Å². The average Bonchev–Trinajstić information content (AvgIpc) is 2.75. The lowest BCUT2D eigenvalue weighted by Gasteiger charge is -2.08. The second-order valence-corrected chi connectivity index (χ2v) is 5.65. The lowest BCUT2D eigenvalue weighted by atomic mass is 10.3. The summed E-state index contributed by atoms with van der Waals surface area (Å²) in [6.45, 7) is 1.96. The van der Waals surface area contributed by atoms with Crippen molar-refractivity contribution in [3.05, 3.63) is 45.3 Å². The van der Waals surface area contributed by atoms with Crippen molar-refractivity contribution in [1.82, 2.24) is 14.5 Å². The van der Waals surface area contributed by atoms with Gasteiger partial charge in [0.1, 0.15) is 5.75 Å². The van der Waals surface area contributed by atoms with Crippen molar-refractivity contribution in [3.8, 4) is 11.4 Å². The summed E-state index contributed by atoms with van der Waals surface area (Å²) >= 11 is 8.86. The van der Waals surface area contributed by atoms with E-state index in [0.717, 1.165) is 32.8 Å². The molecule has 0 amide bonds. The van der Waals surface area contributed by atoms with E-state index in [1.165, 1.54) is 0 Å². The summed E-state index contributed by atoms with van der Waals surface area (Å²) in [6.07, 6.45) is 0. The molecule has 1 N–H and O–H groups in total. The van der Waals surface area contributed by atoms with E-state index in [1.54, 1.807) is 7.11 Å². The molecular formula is C14H12BrN3OS. The molecule has 6 heteroatoms. The van der Waals surface area contributed by atoms with Crippen molar-refractivity contribution in [1.29, 1.82) is 0 Å². The fourth-order valence-corrected chi connectivity index (χ4v) is 2.82. The summed E-state index contributed by atoms with van der Waals surface area (Å²) in [6, 6.07) is 9.78. The highest BCUT2D eigenvalue weighted by atomic mass is 79.9. The van der Waals surface area contributed by atoms with Gasteiger partial charge in [-0.1, -0.05) is 0 Å². The Morgan fingerprint density at radius 1 is 1.30 bits per heavy atom. The number of fused-ring (bicyclic) bond motifs is 1. The van der Waals surface area contributed by atoms with Crippen LogP contribution >= 0.6 is 28.1 Å². The third-order valence-corrected chi connectivity index (χ3v) is 4.00. The van der Waals surface area contributed by atoms with Crippen LogP contribution in [0, 0.1) is 11.7 Å². The summed E-state index contributed by atoms with van der Waals surface area (Å²) < 4.78 is 8.76. The number of rotatable bonds is 2. The lowest BCUT2D eigenvalue weighted by Crippen LogP contribution is -1.97. The molecule has 0 radical (unpaired) electrons. The van der Waals surface area contributed by atoms with Crippen molar-refractivity contribution in [2.24, 2.45) is 0 Å². The molecule has 4 nitrogen and oxygen atoms in total. The van der Waals surface area contributed by atoms with Gasteiger partial charge in [-0.15, -0.1) is 0 Å². The monoisotopic (exact) mass is 349 g/mol. The van der Waals surface area contributed by atoms with E-state index in [2.05, 4.69) is 25.9 Å². The molecule has 3 aromatic rings. The zero-order valence-corrected chi connectivity index (χ0v) is 13.4. The minimum Gasteiger partial charge on any atom is -0.495 e. The Kier molecular flexibility index (Phi) is 3.35. The van der Waals surface area contributed by atoms with E-state index in [4.69, 9.17) is 17.0 Å². The van der Waals surface area contributed by atoms with Crippen LogP contribution < -0.4 is 4.74 Å². The normalized spacial score (nSPS) is 10.9. The molecule has 0 atom stereocenters. The molecule has 2 aromatic heterocycles. The number of nitrogens with zero attached hydrogens (tertiary/aromatic N) is 2. The largest absolute Gasteiger partial charge is 0.495 e. The molecule has 3 rings (SSSR count). The molecule has 1 aromatic carbocycles. The zero-order chi connectivity index (χ0) is 14.3. The number of halogens is 1. The number of aryl methyl sites for hydroxylation is 1. The van der Waals surface area contributed by atoms with Gasteiger partial charge in [0, 0.05) is 11.8 Å². The van der Waals surface area contributed by atoms with Gasteiger partial charge < -0.3 is 9.72 Å². The highest BCUT2D eigenvalue weighted by Crippen LogP contribution is 2.28. The van der Waals surface area contributed by atoms with Gasteiger partial charge in [0.2, 0.25) is 0 Å². The predicted molar refractivity (Wildman–Crippen MR) is 85.2 cm³/mol. The van der Waals surface area contributed by atoms with E-state index in [0.29, 0.717) is 4.77 Å². The van der Waals surface area contributed by atoms with Gasteiger partial charge in [-0.05, 0) is 59.3 Å². The molecule has 0 bridgehead atoms. The number of H-pyrrole nitrogens is 1. The number of nitrogens with one attached hydrogen (secondary N) is 1. The molecule has 2 heterocycles. The molecule has 102 valence electrons. The smallest absolute Gasteiger partial charge is 0.184 e. The number of imidazole rings is 1. The van der Waals surface area contributed by atoms with E-state index in [1.807, 2.05) is 41.8 Å². The molecule has 0 unspecified atom stereocenters. The first-order chi connectivity index (χ1) is 9.60. The molecule has 0 saturated heterocycles. The van der Waals surface area contributed by atoms with Gasteiger partial charge in [-0.3, -0.25) is 4.57 Å². The summed E-state index contributed by atoms with van der Waals surface area (Å²) in [5.74, 6) is 0.756. The fraction of sp³-hybridized carbons (Fsp3) is 0.143. The molecule has 0 fully saturated rings. The van der Waals surface area contributed by atoms with Gasteiger partial charge in [0.05, 0.1) is 22.8 Å². The minimum atomic E-state index is 0.613. The number of hydrogen-bond donors (Lipinski definition) is 1. The first-order valence-electron chi connectivity index (χ1n) is 6.02. The van der Waals surface area contributed by atoms with Crippen LogP contribution in [0.5, 0.6) is 5.75 Å². The number of methoxy groups -OCH3 is 1. The molecular weight excluding hydrogens is 338 g/mol. The van der Waals surface area contributed by atoms with Crippen LogP contribution in [-0.4, -0.2) is 21.6 Å². The number of hydrogen-bond acceptors (Lipinski definition) is 3. The van der Waals surface area contributed by atoms with Gasteiger partial charge in [0.25, 0.3) is 0 Å². The van der Waals surface area contributed by atoms with Crippen molar-refractivity contribution in [2.45, 2.75) is 6.92 Å². The topological polar surface area (TPSA) is 42.8 Å². The Morgan fingerprint density at radius 3 is 2.85 bits per heavy atom. The second kappa shape index (κ2) is 5.03. The van der Waals surface area contributed by atoms with Crippen LogP contribution in [0.25, 0.3) is 16.9 Å². The van der Waals surface area contributed by atoms with Crippen LogP contribution in [0.15, 0.2) is 34.8 Å². The van der Waals surface area contributed by atoms with E-state index in [9.17, 15) is 0 Å². The van der Waals surface area contributed by atoms with Crippen molar-refractivity contribution >= 4 is 39.3 Å². The highest BCUT2D eigenvalue weighted by molar-refractivity contribution is 9.10. The lowest BCUT2D eigenvalue weighted by molar-refractivity contribution is 0.412. The zero-order valence-electron chi connectivity index (χ0n) is 11.0. The maximum atomic E-state index is 5.41. The van der Waals surface area contributed by atoms with Gasteiger partial charge in [0.15, 0.2) is 10.4 Å². The van der Waals surface area contributed by atoms with Gasteiger partial charge in [-0.2, -0.15) is 0 Å². The van der Waals surface area contributed by atoms with Gasteiger partial charge in [-0.25, -0.2) is 4.98 Å². The summed E-state index contributed by atoms with van der Waals surface area (Å²) in [5.41, 5.74) is 3.60. The summed E-state index contributed by atoms with van der Waals surface area (Å²) in [5, 5.41) is 0. The molecule has 0 aliphatic heterocycles. The van der Waals surface area contributed by atoms with Crippen molar-refractivity contribution in [3.63, 3.8) is 0 Å². The fourth-order valence-electron chi connectivity index (χ4n) is 2.11. The first-order valence-corrected chi connectivity index (χ1v) is 7.22. The highest BCUT2D eigenvalue weighted by Gasteiger charge is 2.10. The molecule has 0 aliphatic rings. The van der Waals surface area contributed by atoms with Crippen molar-refractivity contribution in [2.75, 3.05) is 7.11 Å². The van der Waals surface area contributed by atoms with E-state index in [-0.39, 0.29) is 0 Å². The number of benzene rings is 1. The first kappa shape index (κ1) is 13.3. The van der Waals surface area contributed by atoms with E-state index >= 15 is 0 Å².